The quantitative estimate of drug-likeness (QED) is 0.438. The van der Waals surface area contributed by atoms with Crippen molar-refractivity contribution in [2.24, 2.45) is 0 Å². The molecule has 5 atom stereocenters. The molecule has 2 heterocycles. The third-order valence-corrected chi connectivity index (χ3v) is 5.95. The lowest BCUT2D eigenvalue weighted by Gasteiger charge is -2.41. The maximum absolute atomic E-state index is 13.7. The van der Waals surface area contributed by atoms with Gasteiger partial charge >= 0.3 is 0 Å². The molecule has 4 N–H and O–H groups in total. The summed E-state index contributed by atoms with van der Waals surface area (Å²) < 4.78 is 12.0. The SMILES string of the molecule is COc1ccc(-c2cc(-c3ccccc3)c(C#N)c(=O)n2[C@H]2O[C@@H](CO)[C@@H](O)[C@@H](O)[C@H]2O)cc1. The molecule has 9 nitrogen and oxygen atoms in total. The van der Waals surface area contributed by atoms with Gasteiger partial charge in [-0.25, -0.2) is 0 Å². The van der Waals surface area contributed by atoms with E-state index in [2.05, 4.69) is 0 Å². The molecule has 1 fully saturated rings. The van der Waals surface area contributed by atoms with E-state index in [0.29, 0.717) is 28.1 Å². The average molecular weight is 464 g/mol. The minimum absolute atomic E-state index is 0.180. The molecular formula is C25H24N2O7. The second-order valence-electron chi connectivity index (χ2n) is 7.92. The molecule has 9 heteroatoms. The first-order valence-corrected chi connectivity index (χ1v) is 10.6. The maximum atomic E-state index is 13.7. The third kappa shape index (κ3) is 4.09. The molecule has 1 aliphatic heterocycles. The Morgan fingerprint density at radius 3 is 2.26 bits per heavy atom. The van der Waals surface area contributed by atoms with E-state index in [1.807, 2.05) is 12.1 Å². The smallest absolute Gasteiger partial charge is 0.271 e. The van der Waals surface area contributed by atoms with Gasteiger partial charge in [0.25, 0.3) is 5.56 Å². The number of aliphatic hydroxyl groups excluding tert-OH is 4. The molecule has 0 unspecified atom stereocenters. The molecule has 1 aliphatic rings. The van der Waals surface area contributed by atoms with Crippen LogP contribution in [0.1, 0.15) is 11.8 Å². The summed E-state index contributed by atoms with van der Waals surface area (Å²) in [4.78, 5) is 13.7. The van der Waals surface area contributed by atoms with Crippen molar-refractivity contribution in [3.05, 3.63) is 76.6 Å². The monoisotopic (exact) mass is 464 g/mol. The predicted octanol–water partition coefficient (Wildman–Crippen LogP) is 1.03. The number of aromatic nitrogens is 1. The Balaban J connectivity index is 2.00. The molecular weight excluding hydrogens is 440 g/mol. The van der Waals surface area contributed by atoms with Crippen molar-refractivity contribution in [3.63, 3.8) is 0 Å². The molecule has 176 valence electrons. The standard InChI is InChI=1S/C25H24N2O7/c1-33-16-9-7-15(8-10-16)19-11-17(14-5-3-2-4-6-14)18(12-26)24(32)27(19)25-23(31)22(30)21(29)20(13-28)34-25/h2-11,20-23,25,28-31H,13H2,1H3/t20-,21+,22+,23+,25-/m0/s1. The van der Waals surface area contributed by atoms with Gasteiger partial charge < -0.3 is 29.9 Å². The molecule has 1 saturated heterocycles. The van der Waals surface area contributed by atoms with Crippen LogP contribution in [0.15, 0.2) is 65.5 Å². The Kier molecular flexibility index (Phi) is 6.79. The van der Waals surface area contributed by atoms with Crippen LogP contribution in [-0.4, -0.2) is 63.1 Å². The average Bonchev–Trinajstić information content (AvgIpc) is 2.88. The zero-order valence-corrected chi connectivity index (χ0v) is 18.3. The molecule has 34 heavy (non-hydrogen) atoms. The van der Waals surface area contributed by atoms with Crippen LogP contribution in [0.2, 0.25) is 0 Å². The molecule has 2 aromatic carbocycles. The second-order valence-corrected chi connectivity index (χ2v) is 7.92. The highest BCUT2D eigenvalue weighted by Gasteiger charge is 2.45. The van der Waals surface area contributed by atoms with Crippen molar-refractivity contribution in [1.29, 1.82) is 5.26 Å². The van der Waals surface area contributed by atoms with Crippen LogP contribution in [0.4, 0.5) is 0 Å². The van der Waals surface area contributed by atoms with Crippen molar-refractivity contribution < 1.29 is 29.9 Å². The second kappa shape index (κ2) is 9.77. The van der Waals surface area contributed by atoms with Crippen molar-refractivity contribution in [2.75, 3.05) is 13.7 Å². The number of nitrogens with zero attached hydrogens (tertiary/aromatic N) is 2. The molecule has 4 rings (SSSR count). The van der Waals surface area contributed by atoms with Crippen LogP contribution in [0, 0.1) is 11.3 Å². The van der Waals surface area contributed by atoms with Gasteiger partial charge in [0.15, 0.2) is 6.23 Å². The van der Waals surface area contributed by atoms with Gasteiger partial charge in [-0.1, -0.05) is 30.3 Å². The van der Waals surface area contributed by atoms with E-state index in [4.69, 9.17) is 9.47 Å². The van der Waals surface area contributed by atoms with Crippen molar-refractivity contribution in [2.45, 2.75) is 30.6 Å². The summed E-state index contributed by atoms with van der Waals surface area (Å²) in [5, 5.41) is 50.7. The molecule has 0 saturated carbocycles. The van der Waals surface area contributed by atoms with Crippen LogP contribution >= 0.6 is 0 Å². The molecule has 0 radical (unpaired) electrons. The van der Waals surface area contributed by atoms with Gasteiger partial charge in [0.1, 0.15) is 41.8 Å². The molecule has 0 spiro atoms. The van der Waals surface area contributed by atoms with Gasteiger partial charge in [0.05, 0.1) is 19.4 Å². The summed E-state index contributed by atoms with van der Waals surface area (Å²) in [5.74, 6) is 0.586. The van der Waals surface area contributed by atoms with Crippen LogP contribution in [0.25, 0.3) is 22.4 Å². The number of benzene rings is 2. The first-order chi connectivity index (χ1) is 16.4. The van der Waals surface area contributed by atoms with Gasteiger partial charge in [-0.3, -0.25) is 9.36 Å². The van der Waals surface area contributed by atoms with E-state index in [1.54, 1.807) is 54.6 Å². The Morgan fingerprint density at radius 1 is 1.00 bits per heavy atom. The normalized spacial score (nSPS) is 24.4. The Morgan fingerprint density at radius 2 is 1.68 bits per heavy atom. The molecule has 1 aromatic heterocycles. The predicted molar refractivity (Wildman–Crippen MR) is 122 cm³/mol. The van der Waals surface area contributed by atoms with Crippen molar-refractivity contribution in [1.82, 2.24) is 4.57 Å². The Labute approximate surface area is 195 Å². The summed E-state index contributed by atoms with van der Waals surface area (Å²) in [5.41, 5.74) is 0.956. The Bertz CT molecular complexity index is 1250. The number of hydrogen-bond acceptors (Lipinski definition) is 8. The molecule has 0 aliphatic carbocycles. The van der Waals surface area contributed by atoms with Gasteiger partial charge in [-0.15, -0.1) is 0 Å². The van der Waals surface area contributed by atoms with Gasteiger partial charge in [-0.2, -0.15) is 5.26 Å². The first-order valence-electron chi connectivity index (χ1n) is 10.6. The van der Waals surface area contributed by atoms with Gasteiger partial charge in [0, 0.05) is 5.56 Å². The number of pyridine rings is 1. The highest BCUT2D eigenvalue weighted by Crippen LogP contribution is 2.34. The summed E-state index contributed by atoms with van der Waals surface area (Å²) in [6.07, 6.45) is -7.68. The number of aliphatic hydroxyl groups is 4. The molecule has 0 amide bonds. The summed E-state index contributed by atoms with van der Waals surface area (Å²) in [7, 11) is 1.52. The van der Waals surface area contributed by atoms with Gasteiger partial charge in [-0.05, 0) is 41.5 Å². The lowest BCUT2D eigenvalue weighted by atomic mass is 9.95. The van der Waals surface area contributed by atoms with Crippen molar-refractivity contribution >= 4 is 0 Å². The highest BCUT2D eigenvalue weighted by atomic mass is 16.6. The van der Waals surface area contributed by atoms with Crippen LogP contribution in [0.5, 0.6) is 5.75 Å². The van der Waals surface area contributed by atoms with Crippen LogP contribution in [-0.2, 0) is 4.74 Å². The lowest BCUT2D eigenvalue weighted by molar-refractivity contribution is -0.251. The summed E-state index contributed by atoms with van der Waals surface area (Å²) >= 11 is 0. The maximum Gasteiger partial charge on any atom is 0.271 e. The van der Waals surface area contributed by atoms with E-state index in [9.17, 15) is 30.5 Å². The largest absolute Gasteiger partial charge is 0.497 e. The summed E-state index contributed by atoms with van der Waals surface area (Å²) in [6.45, 7) is -0.652. The lowest BCUT2D eigenvalue weighted by Crippen LogP contribution is -2.57. The topological polar surface area (TPSA) is 145 Å². The van der Waals surface area contributed by atoms with E-state index < -0.39 is 42.8 Å². The number of ether oxygens (including phenoxy) is 2. The van der Waals surface area contributed by atoms with Crippen molar-refractivity contribution in [3.8, 4) is 34.2 Å². The van der Waals surface area contributed by atoms with Gasteiger partial charge in [0.2, 0.25) is 0 Å². The fourth-order valence-corrected chi connectivity index (χ4v) is 4.11. The molecule has 3 aromatic rings. The van der Waals surface area contributed by atoms with E-state index in [1.165, 1.54) is 7.11 Å². The zero-order valence-electron chi connectivity index (χ0n) is 18.3. The number of rotatable bonds is 5. The number of hydrogen-bond donors (Lipinski definition) is 4. The van der Waals surface area contributed by atoms with E-state index in [0.717, 1.165) is 4.57 Å². The highest BCUT2D eigenvalue weighted by molar-refractivity contribution is 5.75. The Hall–Kier alpha value is -3.52. The zero-order chi connectivity index (χ0) is 24.4. The van der Waals surface area contributed by atoms with E-state index >= 15 is 0 Å². The molecule has 0 bridgehead atoms. The fourth-order valence-electron chi connectivity index (χ4n) is 4.11. The third-order valence-electron chi connectivity index (χ3n) is 5.95. The fraction of sp³-hybridized carbons (Fsp3) is 0.280. The minimum atomic E-state index is -1.71. The van der Waals surface area contributed by atoms with Crippen LogP contribution in [0.3, 0.4) is 0 Å². The van der Waals surface area contributed by atoms with E-state index in [-0.39, 0.29) is 5.56 Å². The number of methoxy groups -OCH3 is 1. The first kappa shape index (κ1) is 23.6. The van der Waals surface area contributed by atoms with Crippen LogP contribution < -0.4 is 10.3 Å². The number of nitriles is 1. The summed E-state index contributed by atoms with van der Waals surface area (Å²) in [6, 6.07) is 19.3. The minimum Gasteiger partial charge on any atom is -0.497 e.